The molecule has 1 saturated heterocycles. The number of carbonyl (C=O) groups excluding carboxylic acids is 1. The summed E-state index contributed by atoms with van der Waals surface area (Å²) in [6, 6.07) is 12.3. The summed E-state index contributed by atoms with van der Waals surface area (Å²) in [5.74, 6) is -2.21. The summed E-state index contributed by atoms with van der Waals surface area (Å²) in [4.78, 5) is 26.2. The smallest absolute Gasteiger partial charge is 0.387 e. The maximum atomic E-state index is 13.0. The first-order valence-electron chi connectivity index (χ1n) is 8.91. The van der Waals surface area contributed by atoms with Crippen LogP contribution in [0.15, 0.2) is 42.5 Å². The molecule has 0 saturated carbocycles. The third-order valence-corrected chi connectivity index (χ3v) is 5.07. The van der Waals surface area contributed by atoms with Gasteiger partial charge in [0.15, 0.2) is 0 Å². The number of hydrogen-bond acceptors (Lipinski definition) is 3. The molecule has 0 aromatic heterocycles. The molecule has 148 valence electrons. The highest BCUT2D eigenvalue weighted by molar-refractivity contribution is 5.95. The number of carboxylic acid groups (broad SMARTS) is 1. The molecule has 2 aromatic carbocycles. The molecule has 1 amide bonds. The standard InChI is InChI=1S/C21H21F2NO4/c1-12-8-15(9-13(2)18(12)28-21(22)23)19(25)24-10-16(17(11-24)20(26)27)14-6-4-3-5-7-14/h3-9,16-17,21H,10-11H2,1-2H3,(H,26,27)/t16-,17+/m1/s1. The van der Waals surface area contributed by atoms with Crippen LogP contribution < -0.4 is 4.74 Å². The minimum Gasteiger partial charge on any atom is -0.481 e. The summed E-state index contributed by atoms with van der Waals surface area (Å²) >= 11 is 0. The molecule has 7 heteroatoms. The van der Waals surface area contributed by atoms with Gasteiger partial charge in [-0.2, -0.15) is 8.78 Å². The first kappa shape index (κ1) is 19.8. The number of carboxylic acids is 1. The number of nitrogens with zero attached hydrogens (tertiary/aromatic N) is 1. The largest absolute Gasteiger partial charge is 0.481 e. The Morgan fingerprint density at radius 3 is 2.25 bits per heavy atom. The van der Waals surface area contributed by atoms with E-state index >= 15 is 0 Å². The van der Waals surface area contributed by atoms with E-state index in [1.807, 2.05) is 30.3 Å². The van der Waals surface area contributed by atoms with E-state index in [9.17, 15) is 23.5 Å². The number of carbonyl (C=O) groups is 2. The van der Waals surface area contributed by atoms with E-state index < -0.39 is 18.5 Å². The highest BCUT2D eigenvalue weighted by Gasteiger charge is 2.40. The molecule has 0 spiro atoms. The average molecular weight is 389 g/mol. The predicted octanol–water partition coefficient (Wildman–Crippen LogP) is 3.85. The van der Waals surface area contributed by atoms with Crippen LogP contribution in [0.2, 0.25) is 0 Å². The van der Waals surface area contributed by atoms with Crippen molar-refractivity contribution >= 4 is 11.9 Å². The van der Waals surface area contributed by atoms with Crippen LogP contribution in [0.3, 0.4) is 0 Å². The van der Waals surface area contributed by atoms with Gasteiger partial charge in [0.1, 0.15) is 5.75 Å². The third-order valence-electron chi connectivity index (χ3n) is 5.07. The summed E-state index contributed by atoms with van der Waals surface area (Å²) < 4.78 is 29.6. The van der Waals surface area contributed by atoms with Gasteiger partial charge in [-0.1, -0.05) is 30.3 Å². The van der Waals surface area contributed by atoms with E-state index in [4.69, 9.17) is 0 Å². The van der Waals surface area contributed by atoms with Gasteiger partial charge in [0.2, 0.25) is 0 Å². The Hall–Kier alpha value is -2.96. The summed E-state index contributed by atoms with van der Waals surface area (Å²) in [5.41, 5.74) is 2.06. The van der Waals surface area contributed by atoms with Crippen molar-refractivity contribution in [2.45, 2.75) is 26.4 Å². The normalized spacial score (nSPS) is 19.1. The van der Waals surface area contributed by atoms with Crippen LogP contribution in [-0.2, 0) is 4.79 Å². The van der Waals surface area contributed by atoms with Gasteiger partial charge in [-0.25, -0.2) is 0 Å². The zero-order chi connectivity index (χ0) is 20.4. The lowest BCUT2D eigenvalue weighted by Crippen LogP contribution is -2.30. The number of hydrogen-bond donors (Lipinski definition) is 1. The summed E-state index contributed by atoms with van der Waals surface area (Å²) in [7, 11) is 0. The number of ether oxygens (including phenoxy) is 1. The van der Waals surface area contributed by atoms with Crippen LogP contribution in [0.25, 0.3) is 0 Å². The van der Waals surface area contributed by atoms with E-state index in [1.54, 1.807) is 13.8 Å². The molecule has 2 aromatic rings. The maximum absolute atomic E-state index is 13.0. The fourth-order valence-corrected chi connectivity index (χ4v) is 3.79. The van der Waals surface area contributed by atoms with Crippen molar-refractivity contribution in [2.75, 3.05) is 13.1 Å². The van der Waals surface area contributed by atoms with Gasteiger partial charge in [0, 0.05) is 24.6 Å². The lowest BCUT2D eigenvalue weighted by Gasteiger charge is -2.19. The number of likely N-dealkylation sites (tertiary alicyclic amines) is 1. The number of rotatable bonds is 5. The lowest BCUT2D eigenvalue weighted by atomic mass is 9.89. The second-order valence-corrected chi connectivity index (χ2v) is 6.99. The van der Waals surface area contributed by atoms with Crippen molar-refractivity contribution in [1.82, 2.24) is 4.90 Å². The van der Waals surface area contributed by atoms with Crippen molar-refractivity contribution in [3.63, 3.8) is 0 Å². The zero-order valence-corrected chi connectivity index (χ0v) is 15.6. The summed E-state index contributed by atoms with van der Waals surface area (Å²) in [6.07, 6.45) is 0. The van der Waals surface area contributed by atoms with Crippen molar-refractivity contribution in [1.29, 1.82) is 0 Å². The molecule has 1 aliphatic heterocycles. The van der Waals surface area contributed by atoms with Crippen LogP contribution in [0.5, 0.6) is 5.75 Å². The van der Waals surface area contributed by atoms with E-state index in [1.165, 1.54) is 17.0 Å². The Labute approximate surface area is 161 Å². The molecule has 1 N–H and O–H groups in total. The Balaban J connectivity index is 1.86. The van der Waals surface area contributed by atoms with Gasteiger partial charge >= 0.3 is 12.6 Å². The van der Waals surface area contributed by atoms with Crippen LogP contribution in [0.4, 0.5) is 8.78 Å². The van der Waals surface area contributed by atoms with E-state index in [-0.39, 0.29) is 30.7 Å². The Kier molecular flexibility index (Phi) is 5.63. The zero-order valence-electron chi connectivity index (χ0n) is 15.6. The lowest BCUT2D eigenvalue weighted by molar-refractivity contribution is -0.141. The van der Waals surface area contributed by atoms with Gasteiger partial charge in [-0.05, 0) is 42.7 Å². The number of aryl methyl sites for hydroxylation is 2. The van der Waals surface area contributed by atoms with Gasteiger partial charge in [0.25, 0.3) is 5.91 Å². The maximum Gasteiger partial charge on any atom is 0.387 e. The van der Waals surface area contributed by atoms with Crippen LogP contribution in [0, 0.1) is 19.8 Å². The van der Waals surface area contributed by atoms with Crippen LogP contribution in [-0.4, -0.2) is 41.6 Å². The average Bonchev–Trinajstić information content (AvgIpc) is 3.10. The fraction of sp³-hybridized carbons (Fsp3) is 0.333. The topological polar surface area (TPSA) is 66.8 Å². The van der Waals surface area contributed by atoms with Crippen molar-refractivity contribution in [3.05, 3.63) is 64.7 Å². The molecule has 0 aliphatic carbocycles. The van der Waals surface area contributed by atoms with Gasteiger partial charge in [-0.3, -0.25) is 9.59 Å². The number of amides is 1. The molecule has 0 unspecified atom stereocenters. The van der Waals surface area contributed by atoms with E-state index in [0.717, 1.165) is 5.56 Å². The van der Waals surface area contributed by atoms with Crippen molar-refractivity contribution in [2.24, 2.45) is 5.92 Å². The van der Waals surface area contributed by atoms with Gasteiger partial charge < -0.3 is 14.7 Å². The highest BCUT2D eigenvalue weighted by atomic mass is 19.3. The minimum absolute atomic E-state index is 0.0542. The summed E-state index contributed by atoms with van der Waals surface area (Å²) in [5, 5.41) is 9.60. The molecule has 1 aliphatic rings. The molecular weight excluding hydrogens is 368 g/mol. The molecule has 2 atom stereocenters. The van der Waals surface area contributed by atoms with Crippen molar-refractivity contribution < 1.29 is 28.2 Å². The number of alkyl halides is 2. The summed E-state index contributed by atoms with van der Waals surface area (Å²) in [6.45, 7) is 0.630. The molecular formula is C21H21F2NO4. The molecule has 0 radical (unpaired) electrons. The second kappa shape index (κ2) is 7.96. The second-order valence-electron chi connectivity index (χ2n) is 6.99. The number of halogens is 2. The van der Waals surface area contributed by atoms with E-state index in [2.05, 4.69) is 4.74 Å². The highest BCUT2D eigenvalue weighted by Crippen LogP contribution is 2.34. The van der Waals surface area contributed by atoms with Crippen LogP contribution >= 0.6 is 0 Å². The van der Waals surface area contributed by atoms with Gasteiger partial charge in [0.05, 0.1) is 5.92 Å². The molecule has 3 rings (SSSR count). The molecule has 5 nitrogen and oxygen atoms in total. The van der Waals surface area contributed by atoms with E-state index in [0.29, 0.717) is 16.7 Å². The Morgan fingerprint density at radius 2 is 1.71 bits per heavy atom. The first-order valence-corrected chi connectivity index (χ1v) is 8.91. The molecule has 28 heavy (non-hydrogen) atoms. The monoisotopic (exact) mass is 389 g/mol. The molecule has 1 heterocycles. The molecule has 0 bridgehead atoms. The predicted molar refractivity (Wildman–Crippen MR) is 98.8 cm³/mol. The quantitative estimate of drug-likeness (QED) is 0.844. The third kappa shape index (κ3) is 3.98. The first-order chi connectivity index (χ1) is 13.3. The Bertz CT molecular complexity index is 862. The SMILES string of the molecule is Cc1cc(C(=O)N2C[C@H](C(=O)O)[C@@H](c3ccccc3)C2)cc(C)c1OC(F)F. The van der Waals surface area contributed by atoms with Crippen LogP contribution in [0.1, 0.15) is 33.0 Å². The molecule has 1 fully saturated rings. The fourth-order valence-electron chi connectivity index (χ4n) is 3.79. The Morgan fingerprint density at radius 1 is 1.11 bits per heavy atom. The number of benzene rings is 2. The number of aliphatic carboxylic acids is 1. The van der Waals surface area contributed by atoms with Crippen molar-refractivity contribution in [3.8, 4) is 5.75 Å². The van der Waals surface area contributed by atoms with Gasteiger partial charge in [-0.15, -0.1) is 0 Å². The minimum atomic E-state index is -2.94.